The summed E-state index contributed by atoms with van der Waals surface area (Å²) in [6.07, 6.45) is 2.37. The van der Waals surface area contributed by atoms with Crippen LogP contribution in [0.1, 0.15) is 18.9 Å². The Morgan fingerprint density at radius 1 is 1.47 bits per heavy atom. The number of hydrogen-bond donors (Lipinski definition) is 1. The van der Waals surface area contributed by atoms with E-state index in [-0.39, 0.29) is 17.9 Å². The Hall–Kier alpha value is -2.01. The Morgan fingerprint density at radius 2 is 2.06 bits per heavy atom. The van der Waals surface area contributed by atoms with E-state index in [1.807, 2.05) is 0 Å². The lowest BCUT2D eigenvalue weighted by atomic mass is 10.1. The number of rotatable bonds is 5. The SMILES string of the molecule is CC(=O)C[C@H](O)/C=C/c1ccc([N+](=O)[O-])cc1. The highest BCUT2D eigenvalue weighted by molar-refractivity contribution is 5.76. The number of ketones is 1. The molecule has 0 bridgehead atoms. The fourth-order valence-corrected chi connectivity index (χ4v) is 1.29. The van der Waals surface area contributed by atoms with Crippen LogP contribution in [-0.4, -0.2) is 21.9 Å². The summed E-state index contributed by atoms with van der Waals surface area (Å²) in [6, 6.07) is 5.93. The Labute approximate surface area is 98.5 Å². The van der Waals surface area contributed by atoms with Gasteiger partial charge in [0.1, 0.15) is 5.78 Å². The summed E-state index contributed by atoms with van der Waals surface area (Å²) in [5.41, 5.74) is 0.754. The molecule has 1 rings (SSSR count). The number of aliphatic hydroxyl groups excluding tert-OH is 1. The van der Waals surface area contributed by atoms with Crippen molar-refractivity contribution in [1.82, 2.24) is 0 Å². The molecule has 0 spiro atoms. The molecule has 0 heterocycles. The van der Waals surface area contributed by atoms with Gasteiger partial charge in [0.2, 0.25) is 0 Å². The fraction of sp³-hybridized carbons (Fsp3) is 0.250. The predicted molar refractivity (Wildman–Crippen MR) is 63.4 cm³/mol. The van der Waals surface area contributed by atoms with E-state index in [1.54, 1.807) is 18.2 Å². The van der Waals surface area contributed by atoms with E-state index in [1.165, 1.54) is 25.1 Å². The minimum Gasteiger partial charge on any atom is -0.389 e. The van der Waals surface area contributed by atoms with Crippen molar-refractivity contribution in [3.8, 4) is 0 Å². The van der Waals surface area contributed by atoms with Crippen molar-refractivity contribution in [2.24, 2.45) is 0 Å². The molecule has 1 aromatic rings. The van der Waals surface area contributed by atoms with Crippen molar-refractivity contribution in [2.45, 2.75) is 19.4 Å². The first kappa shape index (κ1) is 13.1. The number of aliphatic hydroxyl groups is 1. The zero-order chi connectivity index (χ0) is 12.8. The number of non-ortho nitro benzene ring substituents is 1. The van der Waals surface area contributed by atoms with Gasteiger partial charge in [-0.3, -0.25) is 14.9 Å². The first-order chi connectivity index (χ1) is 7.99. The average Bonchev–Trinajstić information content (AvgIpc) is 2.26. The summed E-state index contributed by atoms with van der Waals surface area (Å²) >= 11 is 0. The van der Waals surface area contributed by atoms with Crippen LogP contribution < -0.4 is 0 Å². The third-order valence-corrected chi connectivity index (χ3v) is 2.11. The summed E-state index contributed by atoms with van der Waals surface area (Å²) in [5, 5.41) is 19.8. The van der Waals surface area contributed by atoms with Crippen molar-refractivity contribution in [3.63, 3.8) is 0 Å². The summed E-state index contributed by atoms with van der Waals surface area (Å²) in [4.78, 5) is 20.7. The van der Waals surface area contributed by atoms with Crippen molar-refractivity contribution in [2.75, 3.05) is 0 Å². The largest absolute Gasteiger partial charge is 0.389 e. The van der Waals surface area contributed by atoms with Crippen molar-refractivity contribution >= 4 is 17.5 Å². The van der Waals surface area contributed by atoms with Gasteiger partial charge >= 0.3 is 0 Å². The maximum absolute atomic E-state index is 10.7. The van der Waals surface area contributed by atoms with Gasteiger partial charge in [0.25, 0.3) is 5.69 Å². The van der Waals surface area contributed by atoms with Crippen LogP contribution in [0.25, 0.3) is 6.08 Å². The minimum atomic E-state index is -0.817. The molecule has 5 heteroatoms. The maximum atomic E-state index is 10.7. The highest BCUT2D eigenvalue weighted by Crippen LogP contribution is 2.13. The Kier molecular flexibility index (Phi) is 4.54. The smallest absolute Gasteiger partial charge is 0.269 e. The van der Waals surface area contributed by atoms with Crippen LogP contribution >= 0.6 is 0 Å². The van der Waals surface area contributed by atoms with Crippen LogP contribution in [0.3, 0.4) is 0 Å². The van der Waals surface area contributed by atoms with Gasteiger partial charge in [-0.25, -0.2) is 0 Å². The van der Waals surface area contributed by atoms with Crippen LogP contribution in [0.15, 0.2) is 30.3 Å². The van der Waals surface area contributed by atoms with Gasteiger partial charge in [0.05, 0.1) is 11.0 Å². The summed E-state index contributed by atoms with van der Waals surface area (Å²) in [7, 11) is 0. The second-order valence-corrected chi connectivity index (χ2v) is 3.68. The number of carbonyl (C=O) groups is 1. The second-order valence-electron chi connectivity index (χ2n) is 3.68. The number of benzene rings is 1. The van der Waals surface area contributed by atoms with Crippen molar-refractivity contribution < 1.29 is 14.8 Å². The lowest BCUT2D eigenvalue weighted by Gasteiger charge is -2.01. The van der Waals surface area contributed by atoms with Gasteiger partial charge in [0.15, 0.2) is 0 Å². The zero-order valence-corrected chi connectivity index (χ0v) is 9.37. The van der Waals surface area contributed by atoms with Crippen LogP contribution in [-0.2, 0) is 4.79 Å². The van der Waals surface area contributed by atoms with E-state index in [9.17, 15) is 20.0 Å². The summed E-state index contributed by atoms with van der Waals surface area (Å²) in [5.74, 6) is -0.0918. The van der Waals surface area contributed by atoms with Crippen molar-refractivity contribution in [1.29, 1.82) is 0 Å². The van der Waals surface area contributed by atoms with Gasteiger partial charge in [-0.1, -0.05) is 12.2 Å². The molecule has 1 aromatic carbocycles. The molecule has 0 radical (unpaired) electrons. The first-order valence-electron chi connectivity index (χ1n) is 5.09. The van der Waals surface area contributed by atoms with E-state index in [2.05, 4.69) is 0 Å². The molecule has 0 aliphatic carbocycles. The molecule has 1 N–H and O–H groups in total. The number of Topliss-reactive ketones (excluding diaryl/α,β-unsaturated/α-hetero) is 1. The Balaban J connectivity index is 2.65. The molecule has 0 fully saturated rings. The number of nitrogens with zero attached hydrogens (tertiary/aromatic N) is 1. The Morgan fingerprint density at radius 3 is 2.53 bits per heavy atom. The molecule has 0 saturated carbocycles. The second kappa shape index (κ2) is 5.91. The monoisotopic (exact) mass is 235 g/mol. The third kappa shape index (κ3) is 4.56. The number of nitro groups is 1. The summed E-state index contributed by atoms with van der Waals surface area (Å²) in [6.45, 7) is 1.41. The topological polar surface area (TPSA) is 80.4 Å². The third-order valence-electron chi connectivity index (χ3n) is 2.11. The molecule has 0 aliphatic heterocycles. The van der Waals surface area contributed by atoms with Gasteiger partial charge < -0.3 is 5.11 Å². The minimum absolute atomic E-state index is 0.0198. The standard InChI is InChI=1S/C12H13NO4/c1-9(14)8-12(15)7-4-10-2-5-11(6-3-10)13(16)17/h2-7,12,15H,8H2,1H3/b7-4+/t12-/m1/s1. The highest BCUT2D eigenvalue weighted by atomic mass is 16.6. The fourth-order valence-electron chi connectivity index (χ4n) is 1.29. The molecule has 5 nitrogen and oxygen atoms in total. The number of nitro benzene ring substituents is 1. The van der Waals surface area contributed by atoms with E-state index in [4.69, 9.17) is 0 Å². The van der Waals surface area contributed by atoms with Crippen LogP contribution in [0.2, 0.25) is 0 Å². The van der Waals surface area contributed by atoms with E-state index >= 15 is 0 Å². The molecule has 90 valence electrons. The maximum Gasteiger partial charge on any atom is 0.269 e. The molecule has 1 atom stereocenters. The average molecular weight is 235 g/mol. The van der Waals surface area contributed by atoms with Gasteiger partial charge in [-0.2, -0.15) is 0 Å². The first-order valence-corrected chi connectivity index (χ1v) is 5.09. The predicted octanol–water partition coefficient (Wildman–Crippen LogP) is 1.95. The number of carbonyl (C=O) groups excluding carboxylic acids is 1. The zero-order valence-electron chi connectivity index (χ0n) is 9.37. The van der Waals surface area contributed by atoms with Gasteiger partial charge in [0, 0.05) is 18.6 Å². The highest BCUT2D eigenvalue weighted by Gasteiger charge is 2.04. The quantitative estimate of drug-likeness (QED) is 0.624. The van der Waals surface area contributed by atoms with Gasteiger partial charge in [-0.05, 0) is 24.6 Å². The molecular formula is C12H13NO4. The lowest BCUT2D eigenvalue weighted by molar-refractivity contribution is -0.384. The lowest BCUT2D eigenvalue weighted by Crippen LogP contribution is -2.07. The molecular weight excluding hydrogens is 222 g/mol. The van der Waals surface area contributed by atoms with Crippen molar-refractivity contribution in [3.05, 3.63) is 46.0 Å². The molecule has 17 heavy (non-hydrogen) atoms. The Bertz CT molecular complexity index is 436. The molecule has 0 saturated heterocycles. The van der Waals surface area contributed by atoms with Crippen LogP contribution in [0, 0.1) is 10.1 Å². The van der Waals surface area contributed by atoms with E-state index in [0.29, 0.717) is 0 Å². The van der Waals surface area contributed by atoms with Crippen LogP contribution in [0.4, 0.5) is 5.69 Å². The van der Waals surface area contributed by atoms with Crippen LogP contribution in [0.5, 0.6) is 0 Å². The number of hydrogen-bond acceptors (Lipinski definition) is 4. The van der Waals surface area contributed by atoms with Gasteiger partial charge in [-0.15, -0.1) is 0 Å². The van der Waals surface area contributed by atoms with E-state index < -0.39 is 11.0 Å². The normalized spacial score (nSPS) is 12.6. The molecule has 0 unspecified atom stereocenters. The molecule has 0 amide bonds. The van der Waals surface area contributed by atoms with E-state index in [0.717, 1.165) is 5.56 Å². The summed E-state index contributed by atoms with van der Waals surface area (Å²) < 4.78 is 0. The molecule has 0 aromatic heterocycles. The molecule has 0 aliphatic rings.